The molecule has 0 unspecified atom stereocenters. The lowest BCUT2D eigenvalue weighted by atomic mass is 10.2. The van der Waals surface area contributed by atoms with Gasteiger partial charge in [0, 0.05) is 12.7 Å². The average molecular weight is 287 g/mol. The summed E-state index contributed by atoms with van der Waals surface area (Å²) in [6.07, 6.45) is 1.98. The number of nitrogens with zero attached hydrogens (tertiary/aromatic N) is 2. The monoisotopic (exact) mass is 287 g/mol. The molecule has 2 aromatic rings. The molecule has 1 aromatic carbocycles. The lowest BCUT2D eigenvalue weighted by molar-refractivity contribution is 0.581. The van der Waals surface area contributed by atoms with Gasteiger partial charge in [-0.15, -0.1) is 0 Å². The number of hydrogen-bond acceptors (Lipinski definition) is 4. The van der Waals surface area contributed by atoms with Gasteiger partial charge in [0.25, 0.3) is 0 Å². The molecule has 0 radical (unpaired) electrons. The fraction of sp³-hybridized carbons (Fsp3) is 0.143. The molecule has 0 saturated heterocycles. The van der Waals surface area contributed by atoms with Gasteiger partial charge in [0.1, 0.15) is 11.0 Å². The van der Waals surface area contributed by atoms with Gasteiger partial charge in [0.05, 0.1) is 0 Å². The highest BCUT2D eigenvalue weighted by Gasteiger charge is 2.18. The van der Waals surface area contributed by atoms with Crippen LogP contribution in [0.25, 0.3) is 0 Å². The van der Waals surface area contributed by atoms with Crippen LogP contribution in [0, 0.1) is 11.3 Å². The molecular formula is C14H13N3O2S. The molecule has 0 spiro atoms. The number of sulfonamides is 1. The van der Waals surface area contributed by atoms with E-state index in [-0.39, 0.29) is 17.1 Å². The summed E-state index contributed by atoms with van der Waals surface area (Å²) >= 11 is 0. The first-order valence-corrected chi connectivity index (χ1v) is 7.50. The van der Waals surface area contributed by atoms with Crippen molar-refractivity contribution >= 4 is 10.0 Å². The summed E-state index contributed by atoms with van der Waals surface area (Å²) in [5.74, 6) is 0. The van der Waals surface area contributed by atoms with Crippen molar-refractivity contribution in [3.63, 3.8) is 0 Å². The summed E-state index contributed by atoms with van der Waals surface area (Å²) < 4.78 is 26.7. The molecule has 0 saturated carbocycles. The Balaban J connectivity index is 2.07. The zero-order valence-corrected chi connectivity index (χ0v) is 11.5. The van der Waals surface area contributed by atoms with Gasteiger partial charge in [-0.1, -0.05) is 30.3 Å². The van der Waals surface area contributed by atoms with E-state index in [1.807, 2.05) is 30.3 Å². The minimum absolute atomic E-state index is 0.0874. The number of rotatable bonds is 5. The molecule has 5 nitrogen and oxygen atoms in total. The topological polar surface area (TPSA) is 82.8 Å². The Bertz CT molecular complexity index is 722. The van der Waals surface area contributed by atoms with Crippen LogP contribution < -0.4 is 4.72 Å². The highest BCUT2D eigenvalue weighted by Crippen LogP contribution is 2.11. The van der Waals surface area contributed by atoms with Crippen LogP contribution >= 0.6 is 0 Å². The first kappa shape index (κ1) is 14.2. The Labute approximate surface area is 118 Å². The largest absolute Gasteiger partial charge is 0.244 e. The molecule has 1 aromatic heterocycles. The Morgan fingerprint density at radius 3 is 2.60 bits per heavy atom. The van der Waals surface area contributed by atoms with Crippen molar-refractivity contribution in [2.75, 3.05) is 6.54 Å². The summed E-state index contributed by atoms with van der Waals surface area (Å²) in [4.78, 5) is 3.66. The lowest BCUT2D eigenvalue weighted by Crippen LogP contribution is -2.26. The van der Waals surface area contributed by atoms with E-state index >= 15 is 0 Å². The van der Waals surface area contributed by atoms with Crippen LogP contribution in [0.15, 0.2) is 53.6 Å². The van der Waals surface area contributed by atoms with Gasteiger partial charge in [-0.3, -0.25) is 0 Å². The second kappa shape index (κ2) is 6.28. The maximum absolute atomic E-state index is 12.1. The standard InChI is InChI=1S/C14H13N3O2S/c15-11-13-14(7-4-9-16-13)20(18,19)17-10-8-12-5-2-1-3-6-12/h1-7,9,17H,8,10H2. The normalized spacial score (nSPS) is 10.9. The Kier molecular flexibility index (Phi) is 4.45. The number of nitrogens with one attached hydrogen (secondary N) is 1. The van der Waals surface area contributed by atoms with Crippen LogP contribution in [0.2, 0.25) is 0 Å². The van der Waals surface area contributed by atoms with Crippen molar-refractivity contribution in [2.24, 2.45) is 0 Å². The summed E-state index contributed by atoms with van der Waals surface area (Å²) in [7, 11) is -3.71. The van der Waals surface area contributed by atoms with Crippen LogP contribution in [0.5, 0.6) is 0 Å². The van der Waals surface area contributed by atoms with Crippen LogP contribution in [0.4, 0.5) is 0 Å². The number of benzene rings is 1. The highest BCUT2D eigenvalue weighted by molar-refractivity contribution is 7.89. The third kappa shape index (κ3) is 3.41. The van der Waals surface area contributed by atoms with E-state index in [4.69, 9.17) is 5.26 Å². The third-order valence-electron chi connectivity index (χ3n) is 2.71. The maximum atomic E-state index is 12.1. The Morgan fingerprint density at radius 1 is 1.15 bits per heavy atom. The zero-order chi connectivity index (χ0) is 14.4. The Hall–Kier alpha value is -2.23. The quantitative estimate of drug-likeness (QED) is 0.902. The molecule has 0 bridgehead atoms. The minimum Gasteiger partial charge on any atom is -0.244 e. The highest BCUT2D eigenvalue weighted by atomic mass is 32.2. The fourth-order valence-electron chi connectivity index (χ4n) is 1.74. The molecule has 0 amide bonds. The third-order valence-corrected chi connectivity index (χ3v) is 4.21. The van der Waals surface area contributed by atoms with E-state index in [0.717, 1.165) is 5.56 Å². The summed E-state index contributed by atoms with van der Waals surface area (Å²) in [5.41, 5.74) is 0.946. The van der Waals surface area contributed by atoms with Crippen molar-refractivity contribution in [3.8, 4) is 6.07 Å². The van der Waals surface area contributed by atoms with Crippen molar-refractivity contribution in [3.05, 3.63) is 59.9 Å². The van der Waals surface area contributed by atoms with Gasteiger partial charge in [-0.25, -0.2) is 18.1 Å². The average Bonchev–Trinajstić information content (AvgIpc) is 2.48. The van der Waals surface area contributed by atoms with E-state index in [9.17, 15) is 8.42 Å². The van der Waals surface area contributed by atoms with E-state index < -0.39 is 10.0 Å². The molecule has 1 heterocycles. The predicted octanol–water partition coefficient (Wildman–Crippen LogP) is 1.47. The molecule has 1 N–H and O–H groups in total. The number of pyridine rings is 1. The summed E-state index contributed by atoms with van der Waals surface area (Å²) in [6, 6.07) is 14.2. The molecule has 0 fully saturated rings. The lowest BCUT2D eigenvalue weighted by Gasteiger charge is -2.07. The van der Waals surface area contributed by atoms with E-state index in [1.54, 1.807) is 6.07 Å². The first-order valence-electron chi connectivity index (χ1n) is 6.02. The molecule has 6 heteroatoms. The summed E-state index contributed by atoms with van der Waals surface area (Å²) in [6.45, 7) is 0.270. The van der Waals surface area contributed by atoms with Gasteiger partial charge in [0.15, 0.2) is 5.69 Å². The zero-order valence-electron chi connectivity index (χ0n) is 10.7. The fourth-order valence-corrected chi connectivity index (χ4v) is 2.88. The second-order valence-electron chi connectivity index (χ2n) is 4.10. The molecule has 0 atom stereocenters. The second-order valence-corrected chi connectivity index (χ2v) is 5.83. The summed E-state index contributed by atoms with van der Waals surface area (Å²) in [5, 5.41) is 8.88. The van der Waals surface area contributed by atoms with Crippen molar-refractivity contribution in [1.82, 2.24) is 9.71 Å². The van der Waals surface area contributed by atoms with Crippen LogP contribution in [-0.4, -0.2) is 19.9 Å². The SMILES string of the molecule is N#Cc1ncccc1S(=O)(=O)NCCc1ccccc1. The maximum Gasteiger partial charge on any atom is 0.243 e. The predicted molar refractivity (Wildman–Crippen MR) is 74.3 cm³/mol. The number of hydrogen-bond donors (Lipinski definition) is 1. The van der Waals surface area contributed by atoms with E-state index in [0.29, 0.717) is 6.42 Å². The number of nitriles is 1. The van der Waals surface area contributed by atoms with Gasteiger partial charge in [-0.05, 0) is 24.1 Å². The molecule has 2 rings (SSSR count). The molecule has 20 heavy (non-hydrogen) atoms. The van der Waals surface area contributed by atoms with Crippen molar-refractivity contribution in [1.29, 1.82) is 5.26 Å². The molecule has 0 aliphatic rings. The van der Waals surface area contributed by atoms with Gasteiger partial charge in [0.2, 0.25) is 10.0 Å². The molecule has 102 valence electrons. The molecular weight excluding hydrogens is 274 g/mol. The molecule has 0 aliphatic carbocycles. The van der Waals surface area contributed by atoms with Crippen molar-refractivity contribution < 1.29 is 8.42 Å². The van der Waals surface area contributed by atoms with Crippen LogP contribution in [0.3, 0.4) is 0 Å². The number of aromatic nitrogens is 1. The Morgan fingerprint density at radius 2 is 1.90 bits per heavy atom. The smallest absolute Gasteiger partial charge is 0.243 e. The van der Waals surface area contributed by atoms with E-state index in [1.165, 1.54) is 18.3 Å². The van der Waals surface area contributed by atoms with Crippen LogP contribution in [0.1, 0.15) is 11.3 Å². The van der Waals surface area contributed by atoms with Gasteiger partial charge in [-0.2, -0.15) is 5.26 Å². The van der Waals surface area contributed by atoms with Crippen LogP contribution in [-0.2, 0) is 16.4 Å². The first-order chi connectivity index (χ1) is 9.63. The minimum atomic E-state index is -3.71. The van der Waals surface area contributed by atoms with Gasteiger partial charge >= 0.3 is 0 Å². The molecule has 0 aliphatic heterocycles. The van der Waals surface area contributed by atoms with Gasteiger partial charge < -0.3 is 0 Å². The van der Waals surface area contributed by atoms with Crippen molar-refractivity contribution in [2.45, 2.75) is 11.3 Å². The van der Waals surface area contributed by atoms with E-state index in [2.05, 4.69) is 9.71 Å².